The van der Waals surface area contributed by atoms with Crippen molar-refractivity contribution in [1.82, 2.24) is 10.2 Å². The van der Waals surface area contributed by atoms with Crippen molar-refractivity contribution in [2.24, 2.45) is 0 Å². The first-order chi connectivity index (χ1) is 13.9. The number of halogens is 2. The van der Waals surface area contributed by atoms with E-state index in [0.717, 1.165) is 18.4 Å². The summed E-state index contributed by atoms with van der Waals surface area (Å²) in [5, 5.41) is 3.41. The first kappa shape index (κ1) is 22.7. The molecule has 0 bridgehead atoms. The summed E-state index contributed by atoms with van der Waals surface area (Å²) in [5.41, 5.74) is 0.722. The van der Waals surface area contributed by atoms with E-state index < -0.39 is 6.04 Å². The molecular weight excluding hydrogens is 395 g/mol. The van der Waals surface area contributed by atoms with Crippen molar-refractivity contribution < 1.29 is 18.7 Å². The van der Waals surface area contributed by atoms with Gasteiger partial charge in [-0.05, 0) is 55.3 Å². The summed E-state index contributed by atoms with van der Waals surface area (Å²) >= 11 is 5.85. The van der Waals surface area contributed by atoms with Gasteiger partial charge in [0.25, 0.3) is 5.91 Å². The normalized spacial score (nSPS) is 11.6. The van der Waals surface area contributed by atoms with E-state index in [4.69, 9.17) is 16.3 Å². The standard InChI is InChI=1S/C22H26ClFN2O3/c1-3-4-13-25-22(28)16(2)26(14-17-5-9-19(24)10-6-17)21(27)15-29-20-11-7-18(23)8-12-20/h5-12,16H,3-4,13-15H2,1-2H3,(H,25,28)/t16-/m0/s1. The lowest BCUT2D eigenvalue weighted by Gasteiger charge is -2.28. The fourth-order valence-corrected chi connectivity index (χ4v) is 2.79. The van der Waals surface area contributed by atoms with Gasteiger partial charge in [0.05, 0.1) is 0 Å². The summed E-state index contributed by atoms with van der Waals surface area (Å²) in [7, 11) is 0. The van der Waals surface area contributed by atoms with E-state index in [1.807, 2.05) is 6.92 Å². The SMILES string of the molecule is CCCCNC(=O)[C@H](C)N(Cc1ccc(F)cc1)C(=O)COc1ccc(Cl)cc1. The molecule has 0 aliphatic heterocycles. The van der Waals surface area contributed by atoms with Crippen LogP contribution in [-0.4, -0.2) is 35.9 Å². The minimum absolute atomic E-state index is 0.172. The van der Waals surface area contributed by atoms with E-state index >= 15 is 0 Å². The van der Waals surface area contributed by atoms with Crippen molar-refractivity contribution in [3.63, 3.8) is 0 Å². The number of amides is 2. The second-order valence-corrected chi connectivity index (χ2v) is 7.15. The fraction of sp³-hybridized carbons (Fsp3) is 0.364. The van der Waals surface area contributed by atoms with Crippen molar-refractivity contribution in [2.45, 2.75) is 39.3 Å². The molecule has 0 aromatic heterocycles. The molecule has 0 unspecified atom stereocenters. The van der Waals surface area contributed by atoms with Crippen LogP contribution < -0.4 is 10.1 Å². The molecule has 5 nitrogen and oxygen atoms in total. The molecule has 0 saturated carbocycles. The molecule has 156 valence electrons. The van der Waals surface area contributed by atoms with Crippen molar-refractivity contribution in [3.05, 3.63) is 64.9 Å². The average Bonchev–Trinajstić information content (AvgIpc) is 2.72. The Morgan fingerprint density at radius 3 is 2.41 bits per heavy atom. The van der Waals surface area contributed by atoms with E-state index in [-0.39, 0.29) is 30.8 Å². The van der Waals surface area contributed by atoms with Crippen LogP contribution in [0.2, 0.25) is 5.02 Å². The molecule has 0 spiro atoms. The molecule has 2 amide bonds. The second kappa shape index (κ2) is 11.4. The topological polar surface area (TPSA) is 58.6 Å². The van der Waals surface area contributed by atoms with Crippen LogP contribution in [-0.2, 0) is 16.1 Å². The Morgan fingerprint density at radius 1 is 1.14 bits per heavy atom. The van der Waals surface area contributed by atoms with E-state index in [1.165, 1.54) is 17.0 Å². The maximum absolute atomic E-state index is 13.2. The molecule has 2 rings (SSSR count). The van der Waals surface area contributed by atoms with Gasteiger partial charge in [-0.3, -0.25) is 9.59 Å². The quantitative estimate of drug-likeness (QED) is 0.586. The lowest BCUT2D eigenvalue weighted by atomic mass is 10.1. The fourth-order valence-electron chi connectivity index (χ4n) is 2.66. The predicted octanol–water partition coefficient (Wildman–Crippen LogP) is 4.19. The van der Waals surface area contributed by atoms with E-state index in [1.54, 1.807) is 43.3 Å². The van der Waals surface area contributed by atoms with Gasteiger partial charge in [-0.15, -0.1) is 0 Å². The molecule has 0 heterocycles. The second-order valence-electron chi connectivity index (χ2n) is 6.71. The number of carbonyl (C=O) groups is 2. The van der Waals surface area contributed by atoms with E-state index in [9.17, 15) is 14.0 Å². The van der Waals surface area contributed by atoms with Crippen LogP contribution in [0.3, 0.4) is 0 Å². The third kappa shape index (κ3) is 7.38. The Bertz CT molecular complexity index is 797. The number of nitrogens with one attached hydrogen (secondary N) is 1. The van der Waals surface area contributed by atoms with Gasteiger partial charge >= 0.3 is 0 Å². The van der Waals surface area contributed by atoms with Crippen LogP contribution in [0.15, 0.2) is 48.5 Å². The Balaban J connectivity index is 2.08. The Kier molecular flexibility index (Phi) is 8.93. The largest absolute Gasteiger partial charge is 0.484 e. The molecule has 0 aliphatic rings. The average molecular weight is 421 g/mol. The van der Waals surface area contributed by atoms with Gasteiger partial charge < -0.3 is 15.0 Å². The van der Waals surface area contributed by atoms with Crippen molar-refractivity contribution >= 4 is 23.4 Å². The Hall–Kier alpha value is -2.60. The molecule has 0 fully saturated rings. The van der Waals surface area contributed by atoms with Gasteiger partial charge in [0.1, 0.15) is 17.6 Å². The summed E-state index contributed by atoms with van der Waals surface area (Å²) in [6.45, 7) is 4.21. The highest BCUT2D eigenvalue weighted by molar-refractivity contribution is 6.30. The van der Waals surface area contributed by atoms with Gasteiger partial charge in [-0.2, -0.15) is 0 Å². The highest BCUT2D eigenvalue weighted by Gasteiger charge is 2.26. The molecule has 29 heavy (non-hydrogen) atoms. The molecule has 0 radical (unpaired) electrons. The van der Waals surface area contributed by atoms with Gasteiger partial charge in [0, 0.05) is 18.1 Å². The summed E-state index contributed by atoms with van der Waals surface area (Å²) in [6, 6.07) is 11.8. The molecular formula is C22H26ClFN2O3. The minimum atomic E-state index is -0.696. The zero-order chi connectivity index (χ0) is 21.2. The Morgan fingerprint density at radius 2 is 1.79 bits per heavy atom. The number of hydrogen-bond acceptors (Lipinski definition) is 3. The smallest absolute Gasteiger partial charge is 0.261 e. The number of benzene rings is 2. The molecule has 0 aliphatic carbocycles. The van der Waals surface area contributed by atoms with Crippen LogP contribution in [0.4, 0.5) is 4.39 Å². The van der Waals surface area contributed by atoms with Gasteiger partial charge in [0.15, 0.2) is 6.61 Å². The third-order valence-corrected chi connectivity index (χ3v) is 4.69. The Labute approximate surface area is 175 Å². The molecule has 0 saturated heterocycles. The van der Waals surface area contributed by atoms with Crippen molar-refractivity contribution in [2.75, 3.05) is 13.2 Å². The third-order valence-electron chi connectivity index (χ3n) is 4.44. The summed E-state index contributed by atoms with van der Waals surface area (Å²) < 4.78 is 18.8. The van der Waals surface area contributed by atoms with Crippen LogP contribution in [0.5, 0.6) is 5.75 Å². The first-order valence-corrected chi connectivity index (χ1v) is 9.98. The monoisotopic (exact) mass is 420 g/mol. The minimum Gasteiger partial charge on any atom is -0.484 e. The number of ether oxygens (including phenoxy) is 1. The number of unbranched alkanes of at least 4 members (excludes halogenated alkanes) is 1. The van der Waals surface area contributed by atoms with Gasteiger partial charge in [-0.1, -0.05) is 37.1 Å². The zero-order valence-corrected chi connectivity index (χ0v) is 17.4. The van der Waals surface area contributed by atoms with Gasteiger partial charge in [-0.25, -0.2) is 4.39 Å². The lowest BCUT2D eigenvalue weighted by Crippen LogP contribution is -2.49. The lowest BCUT2D eigenvalue weighted by molar-refractivity contribution is -0.142. The maximum atomic E-state index is 13.2. The van der Waals surface area contributed by atoms with Crippen LogP contribution >= 0.6 is 11.6 Å². The zero-order valence-electron chi connectivity index (χ0n) is 16.7. The number of carbonyl (C=O) groups excluding carboxylic acids is 2. The van der Waals surface area contributed by atoms with E-state index in [0.29, 0.717) is 17.3 Å². The summed E-state index contributed by atoms with van der Waals surface area (Å²) in [6.07, 6.45) is 1.83. The van der Waals surface area contributed by atoms with Crippen molar-refractivity contribution in [3.8, 4) is 5.75 Å². The van der Waals surface area contributed by atoms with Crippen LogP contribution in [0, 0.1) is 5.82 Å². The molecule has 2 aromatic carbocycles. The highest BCUT2D eigenvalue weighted by atomic mass is 35.5. The summed E-state index contributed by atoms with van der Waals surface area (Å²) in [5.74, 6) is -0.435. The van der Waals surface area contributed by atoms with Crippen LogP contribution in [0.1, 0.15) is 32.3 Å². The predicted molar refractivity (Wildman–Crippen MR) is 111 cm³/mol. The number of nitrogens with zero attached hydrogens (tertiary/aromatic N) is 1. The molecule has 2 aromatic rings. The van der Waals surface area contributed by atoms with Crippen molar-refractivity contribution in [1.29, 1.82) is 0 Å². The molecule has 7 heteroatoms. The molecule has 1 N–H and O–H groups in total. The molecule has 1 atom stereocenters. The van der Waals surface area contributed by atoms with Gasteiger partial charge in [0.2, 0.25) is 5.91 Å². The highest BCUT2D eigenvalue weighted by Crippen LogP contribution is 2.16. The van der Waals surface area contributed by atoms with Crippen LogP contribution in [0.25, 0.3) is 0 Å². The van der Waals surface area contributed by atoms with E-state index in [2.05, 4.69) is 5.32 Å². The first-order valence-electron chi connectivity index (χ1n) is 9.60. The maximum Gasteiger partial charge on any atom is 0.261 e. The summed E-state index contributed by atoms with van der Waals surface area (Å²) in [4.78, 5) is 26.8. The number of rotatable bonds is 10. The number of hydrogen-bond donors (Lipinski definition) is 1.